The Labute approximate surface area is 111 Å². The number of hydrogen-bond acceptors (Lipinski definition) is 4. The van der Waals surface area contributed by atoms with E-state index in [1.807, 2.05) is 0 Å². The summed E-state index contributed by atoms with van der Waals surface area (Å²) in [5.74, 6) is 0.746. The number of unbranched alkanes of at least 4 members (excludes halogenated alkanes) is 2. The van der Waals surface area contributed by atoms with Gasteiger partial charge in [-0.05, 0) is 44.6 Å². The van der Waals surface area contributed by atoms with Crippen LogP contribution in [0.15, 0.2) is 0 Å². The van der Waals surface area contributed by atoms with Gasteiger partial charge in [-0.25, -0.2) is 0 Å². The largest absolute Gasteiger partial charge is 0.396 e. The lowest BCUT2D eigenvalue weighted by Gasteiger charge is -2.40. The highest BCUT2D eigenvalue weighted by molar-refractivity contribution is 4.83. The summed E-state index contributed by atoms with van der Waals surface area (Å²) in [5, 5.41) is 18.0. The molecule has 1 aliphatic heterocycles. The zero-order chi connectivity index (χ0) is 12.8. The molecule has 4 heteroatoms. The van der Waals surface area contributed by atoms with E-state index in [0.717, 1.165) is 31.6 Å². The van der Waals surface area contributed by atoms with E-state index in [2.05, 4.69) is 9.80 Å². The SMILES string of the molecule is OCCCCCN1CCN(C[C@H]2C[C@H](O)C2)CC1. The van der Waals surface area contributed by atoms with Gasteiger partial charge in [0.15, 0.2) is 0 Å². The predicted molar refractivity (Wildman–Crippen MR) is 72.5 cm³/mol. The minimum absolute atomic E-state index is 0.0113. The average molecular weight is 256 g/mol. The molecule has 0 spiro atoms. The Balaban J connectivity index is 1.51. The first-order chi connectivity index (χ1) is 8.78. The summed E-state index contributed by atoms with van der Waals surface area (Å²) >= 11 is 0. The standard InChI is InChI=1S/C14H28N2O2/c17-9-3-1-2-4-15-5-7-16(8-6-15)12-13-10-14(18)11-13/h13-14,17-18H,1-12H2/t13-,14-. The van der Waals surface area contributed by atoms with E-state index in [1.54, 1.807) is 0 Å². The molecule has 18 heavy (non-hydrogen) atoms. The summed E-state index contributed by atoms with van der Waals surface area (Å²) in [6.45, 7) is 7.47. The van der Waals surface area contributed by atoms with Gasteiger partial charge >= 0.3 is 0 Å². The van der Waals surface area contributed by atoms with Gasteiger partial charge in [0.25, 0.3) is 0 Å². The fourth-order valence-electron chi connectivity index (χ4n) is 3.03. The van der Waals surface area contributed by atoms with Crippen LogP contribution < -0.4 is 0 Å². The average Bonchev–Trinajstić information content (AvgIpc) is 2.35. The van der Waals surface area contributed by atoms with Crippen LogP contribution in [0.3, 0.4) is 0 Å². The molecule has 1 heterocycles. The van der Waals surface area contributed by atoms with Crippen LogP contribution >= 0.6 is 0 Å². The van der Waals surface area contributed by atoms with Gasteiger partial charge in [-0.3, -0.25) is 0 Å². The fourth-order valence-corrected chi connectivity index (χ4v) is 3.03. The van der Waals surface area contributed by atoms with Crippen molar-refractivity contribution in [1.82, 2.24) is 9.80 Å². The summed E-state index contributed by atoms with van der Waals surface area (Å²) in [7, 11) is 0. The van der Waals surface area contributed by atoms with E-state index >= 15 is 0 Å². The lowest BCUT2D eigenvalue weighted by molar-refractivity contribution is 0.0148. The van der Waals surface area contributed by atoms with Crippen molar-refractivity contribution in [3.8, 4) is 0 Å². The zero-order valence-electron chi connectivity index (χ0n) is 11.4. The highest BCUT2D eigenvalue weighted by atomic mass is 16.3. The summed E-state index contributed by atoms with van der Waals surface area (Å²) in [6.07, 6.45) is 5.33. The highest BCUT2D eigenvalue weighted by Gasteiger charge is 2.29. The van der Waals surface area contributed by atoms with Gasteiger partial charge in [0.2, 0.25) is 0 Å². The molecule has 2 N–H and O–H groups in total. The summed E-state index contributed by atoms with van der Waals surface area (Å²) in [6, 6.07) is 0. The van der Waals surface area contributed by atoms with Crippen molar-refractivity contribution in [2.75, 3.05) is 45.9 Å². The maximum Gasteiger partial charge on any atom is 0.0546 e. The van der Waals surface area contributed by atoms with Gasteiger partial charge in [-0.1, -0.05) is 0 Å². The molecule has 0 atom stereocenters. The molecular formula is C14H28N2O2. The minimum atomic E-state index is -0.0113. The first-order valence-electron chi connectivity index (χ1n) is 7.51. The Bertz CT molecular complexity index is 224. The van der Waals surface area contributed by atoms with Crippen molar-refractivity contribution in [2.24, 2.45) is 5.92 Å². The van der Waals surface area contributed by atoms with E-state index in [1.165, 1.54) is 45.7 Å². The zero-order valence-corrected chi connectivity index (χ0v) is 11.4. The Kier molecular flexibility index (Phi) is 5.89. The Hall–Kier alpha value is -0.160. The van der Waals surface area contributed by atoms with E-state index in [-0.39, 0.29) is 6.10 Å². The van der Waals surface area contributed by atoms with Crippen molar-refractivity contribution in [2.45, 2.75) is 38.2 Å². The van der Waals surface area contributed by atoms with Crippen LogP contribution in [0.4, 0.5) is 0 Å². The number of hydrogen-bond donors (Lipinski definition) is 2. The van der Waals surface area contributed by atoms with E-state index in [9.17, 15) is 5.11 Å². The summed E-state index contributed by atoms with van der Waals surface area (Å²) in [4.78, 5) is 5.10. The van der Waals surface area contributed by atoms with Crippen molar-refractivity contribution in [3.63, 3.8) is 0 Å². The number of nitrogens with zero attached hydrogens (tertiary/aromatic N) is 2. The molecule has 0 amide bonds. The molecule has 2 aliphatic rings. The van der Waals surface area contributed by atoms with E-state index < -0.39 is 0 Å². The quantitative estimate of drug-likeness (QED) is 0.653. The molecule has 1 aliphatic carbocycles. The summed E-state index contributed by atoms with van der Waals surface area (Å²) in [5.41, 5.74) is 0. The molecule has 2 rings (SSSR count). The third kappa shape index (κ3) is 4.50. The second-order valence-electron chi connectivity index (χ2n) is 5.92. The smallest absolute Gasteiger partial charge is 0.0546 e. The molecule has 1 saturated carbocycles. The summed E-state index contributed by atoms with van der Waals surface area (Å²) < 4.78 is 0. The predicted octanol–water partition coefficient (Wildman–Crippen LogP) is 0.538. The van der Waals surface area contributed by atoms with Gasteiger partial charge in [0.05, 0.1) is 6.10 Å². The van der Waals surface area contributed by atoms with Crippen LogP contribution in [0.25, 0.3) is 0 Å². The van der Waals surface area contributed by atoms with Gasteiger partial charge in [-0.15, -0.1) is 0 Å². The molecule has 4 nitrogen and oxygen atoms in total. The number of rotatable bonds is 7. The first kappa shape index (κ1) is 14.3. The van der Waals surface area contributed by atoms with Crippen molar-refractivity contribution < 1.29 is 10.2 Å². The first-order valence-corrected chi connectivity index (χ1v) is 7.51. The second-order valence-corrected chi connectivity index (χ2v) is 5.92. The van der Waals surface area contributed by atoms with Gasteiger partial charge in [0, 0.05) is 39.3 Å². The third-order valence-electron chi connectivity index (χ3n) is 4.32. The second kappa shape index (κ2) is 7.43. The molecule has 0 unspecified atom stereocenters. The van der Waals surface area contributed by atoms with Crippen molar-refractivity contribution in [3.05, 3.63) is 0 Å². The number of aliphatic hydroxyl groups excluding tert-OH is 2. The van der Waals surface area contributed by atoms with Crippen LogP contribution in [0.2, 0.25) is 0 Å². The van der Waals surface area contributed by atoms with Crippen molar-refractivity contribution in [1.29, 1.82) is 0 Å². The molecule has 2 fully saturated rings. The number of piperazine rings is 1. The van der Waals surface area contributed by atoms with Gasteiger partial charge < -0.3 is 20.0 Å². The van der Waals surface area contributed by atoms with Crippen molar-refractivity contribution >= 4 is 0 Å². The van der Waals surface area contributed by atoms with Gasteiger partial charge in [-0.2, -0.15) is 0 Å². The Morgan fingerprint density at radius 3 is 2.17 bits per heavy atom. The lowest BCUT2D eigenvalue weighted by Crippen LogP contribution is -2.49. The Morgan fingerprint density at radius 2 is 1.56 bits per heavy atom. The van der Waals surface area contributed by atoms with Gasteiger partial charge in [0.1, 0.15) is 0 Å². The van der Waals surface area contributed by atoms with Crippen LogP contribution in [0.5, 0.6) is 0 Å². The topological polar surface area (TPSA) is 46.9 Å². The van der Waals surface area contributed by atoms with E-state index in [0.29, 0.717) is 6.61 Å². The Morgan fingerprint density at radius 1 is 0.889 bits per heavy atom. The molecule has 1 saturated heterocycles. The molecule has 0 bridgehead atoms. The molecule has 0 aromatic carbocycles. The lowest BCUT2D eigenvalue weighted by atomic mass is 9.82. The normalized spacial score (nSPS) is 30.3. The monoisotopic (exact) mass is 256 g/mol. The molecule has 0 radical (unpaired) electrons. The molecule has 0 aromatic rings. The van der Waals surface area contributed by atoms with E-state index in [4.69, 9.17) is 5.11 Å². The van der Waals surface area contributed by atoms with Crippen LogP contribution in [0, 0.1) is 5.92 Å². The highest BCUT2D eigenvalue weighted by Crippen LogP contribution is 2.28. The fraction of sp³-hybridized carbons (Fsp3) is 1.00. The van der Waals surface area contributed by atoms with Crippen LogP contribution in [-0.4, -0.2) is 72.0 Å². The third-order valence-corrected chi connectivity index (χ3v) is 4.32. The number of aliphatic hydroxyl groups is 2. The molecular weight excluding hydrogens is 228 g/mol. The minimum Gasteiger partial charge on any atom is -0.396 e. The maximum absolute atomic E-state index is 9.29. The molecule has 106 valence electrons. The molecule has 0 aromatic heterocycles. The van der Waals surface area contributed by atoms with Crippen LogP contribution in [-0.2, 0) is 0 Å². The van der Waals surface area contributed by atoms with Crippen LogP contribution in [0.1, 0.15) is 32.1 Å². The maximum atomic E-state index is 9.29.